The van der Waals surface area contributed by atoms with Crippen molar-refractivity contribution in [2.45, 2.75) is 194 Å². The van der Waals surface area contributed by atoms with Crippen molar-refractivity contribution in [3.05, 3.63) is 24.3 Å². The average molecular weight is 605 g/mol. The standard InChI is InChI=1S/C40H78NO2/c1-5-7-9-11-13-15-17-19-21-23-25-27-29-31-33-35-37-41(3,4)39-40(42)43-38-36-34-32-30-28-26-24-22-20-18-16-14-12-10-8-6-2/h19-22H,5-18,23-39H2,1-4H3/q+1/b21-19-,22-20-. The van der Waals surface area contributed by atoms with E-state index < -0.39 is 0 Å². The topological polar surface area (TPSA) is 26.3 Å². The molecule has 0 N–H and O–H groups in total. The number of nitrogens with zero attached hydrogens (tertiary/aromatic N) is 1. The molecule has 0 aromatic heterocycles. The van der Waals surface area contributed by atoms with Crippen LogP contribution >= 0.6 is 0 Å². The summed E-state index contributed by atoms with van der Waals surface area (Å²) in [6.45, 7) is 6.71. The van der Waals surface area contributed by atoms with Gasteiger partial charge < -0.3 is 9.22 Å². The maximum absolute atomic E-state index is 12.3. The normalized spacial score (nSPS) is 12.2. The first-order chi connectivity index (χ1) is 21.0. The summed E-state index contributed by atoms with van der Waals surface area (Å²) in [5, 5.41) is 0. The van der Waals surface area contributed by atoms with Crippen LogP contribution in [-0.2, 0) is 9.53 Å². The molecule has 3 heteroatoms. The van der Waals surface area contributed by atoms with Crippen molar-refractivity contribution in [3.8, 4) is 0 Å². The second-order valence-electron chi connectivity index (χ2n) is 13.9. The number of esters is 1. The van der Waals surface area contributed by atoms with Crippen LogP contribution in [0.25, 0.3) is 0 Å². The first-order valence-electron chi connectivity index (χ1n) is 19.3. The van der Waals surface area contributed by atoms with Gasteiger partial charge in [0.05, 0.1) is 27.2 Å². The summed E-state index contributed by atoms with van der Waals surface area (Å²) in [7, 11) is 4.34. The second-order valence-corrected chi connectivity index (χ2v) is 13.9. The van der Waals surface area contributed by atoms with E-state index in [1.54, 1.807) is 0 Å². The highest BCUT2D eigenvalue weighted by Crippen LogP contribution is 2.13. The van der Waals surface area contributed by atoms with E-state index in [2.05, 4.69) is 52.2 Å². The summed E-state index contributed by atoms with van der Waals surface area (Å²) in [5.41, 5.74) is 0. The Labute approximate surface area is 271 Å². The number of carbonyl (C=O) groups is 1. The first-order valence-corrected chi connectivity index (χ1v) is 19.3. The quantitative estimate of drug-likeness (QED) is 0.0316. The maximum Gasteiger partial charge on any atom is 0.361 e. The van der Waals surface area contributed by atoms with Crippen LogP contribution in [0.3, 0.4) is 0 Å². The summed E-state index contributed by atoms with van der Waals surface area (Å²) in [6, 6.07) is 0. The van der Waals surface area contributed by atoms with E-state index in [1.807, 2.05) is 0 Å². The van der Waals surface area contributed by atoms with Gasteiger partial charge in [0.1, 0.15) is 0 Å². The van der Waals surface area contributed by atoms with Gasteiger partial charge in [-0.1, -0.05) is 147 Å². The Kier molecular flexibility index (Phi) is 32.9. The van der Waals surface area contributed by atoms with Gasteiger partial charge in [-0.15, -0.1) is 0 Å². The van der Waals surface area contributed by atoms with E-state index in [-0.39, 0.29) is 5.97 Å². The van der Waals surface area contributed by atoms with Gasteiger partial charge in [0.15, 0.2) is 6.54 Å². The molecule has 0 radical (unpaired) electrons. The molecular formula is C40H78NO2+. The number of likely N-dealkylation sites (N-methyl/N-ethyl adjacent to an activating group) is 1. The number of hydrogen-bond acceptors (Lipinski definition) is 2. The van der Waals surface area contributed by atoms with E-state index in [4.69, 9.17) is 4.74 Å². The SMILES string of the molecule is CCCCCCCC/C=C\CCCCCCCCOC(=O)C[N+](C)(C)CCCCCCCC/C=C\CCCCCCCC. The molecule has 0 aliphatic rings. The van der Waals surface area contributed by atoms with Gasteiger partial charge in [0, 0.05) is 0 Å². The van der Waals surface area contributed by atoms with Crippen LogP contribution in [0.2, 0.25) is 0 Å². The first kappa shape index (κ1) is 41.9. The van der Waals surface area contributed by atoms with Crippen molar-refractivity contribution in [2.75, 3.05) is 33.8 Å². The Bertz CT molecular complexity index is 624. The minimum Gasteiger partial charge on any atom is -0.462 e. The Morgan fingerprint density at radius 3 is 1.19 bits per heavy atom. The van der Waals surface area contributed by atoms with E-state index in [1.165, 1.54) is 173 Å². The third kappa shape index (κ3) is 35.3. The molecule has 0 saturated heterocycles. The molecule has 0 heterocycles. The zero-order chi connectivity index (χ0) is 31.5. The van der Waals surface area contributed by atoms with Crippen LogP contribution in [0.4, 0.5) is 0 Å². The highest BCUT2D eigenvalue weighted by atomic mass is 16.5. The van der Waals surface area contributed by atoms with E-state index in [9.17, 15) is 4.79 Å². The van der Waals surface area contributed by atoms with Gasteiger partial charge >= 0.3 is 5.97 Å². The molecule has 0 amide bonds. The van der Waals surface area contributed by atoms with Crippen LogP contribution in [0, 0.1) is 0 Å². The molecular weight excluding hydrogens is 526 g/mol. The molecule has 0 rings (SSSR count). The number of unbranched alkanes of at least 4 members (excludes halogenated alkanes) is 24. The fraction of sp³-hybridized carbons (Fsp3) is 0.875. The van der Waals surface area contributed by atoms with Gasteiger partial charge in [-0.05, 0) is 70.6 Å². The molecule has 3 nitrogen and oxygen atoms in total. The lowest BCUT2D eigenvalue weighted by Crippen LogP contribution is -2.45. The lowest BCUT2D eigenvalue weighted by Gasteiger charge is -2.28. The van der Waals surface area contributed by atoms with Crippen LogP contribution in [0.15, 0.2) is 24.3 Å². The summed E-state index contributed by atoms with van der Waals surface area (Å²) >= 11 is 0. The lowest BCUT2D eigenvalue weighted by molar-refractivity contribution is -0.883. The largest absolute Gasteiger partial charge is 0.462 e. The summed E-state index contributed by atoms with van der Waals surface area (Å²) in [6.07, 6.45) is 46.5. The molecule has 0 aliphatic heterocycles. The lowest BCUT2D eigenvalue weighted by atomic mass is 10.1. The van der Waals surface area contributed by atoms with Crippen LogP contribution in [0.1, 0.15) is 194 Å². The number of hydrogen-bond donors (Lipinski definition) is 0. The van der Waals surface area contributed by atoms with E-state index >= 15 is 0 Å². The Morgan fingerprint density at radius 1 is 0.465 bits per heavy atom. The molecule has 0 aliphatic carbocycles. The fourth-order valence-electron chi connectivity index (χ4n) is 5.80. The molecule has 0 bridgehead atoms. The van der Waals surface area contributed by atoms with E-state index in [0.717, 1.165) is 17.4 Å². The number of quaternary nitrogens is 1. The summed E-state index contributed by atoms with van der Waals surface area (Å²) in [5.74, 6) is -0.0257. The number of carbonyl (C=O) groups excluding carboxylic acids is 1. The molecule has 0 atom stereocenters. The van der Waals surface area contributed by atoms with E-state index in [0.29, 0.717) is 13.2 Å². The predicted octanol–water partition coefficient (Wildman–Crippen LogP) is 12.7. The molecule has 0 unspecified atom stereocenters. The average Bonchev–Trinajstić information content (AvgIpc) is 2.98. The minimum atomic E-state index is -0.0257. The Hall–Kier alpha value is -1.09. The molecule has 0 saturated carbocycles. The second kappa shape index (κ2) is 33.8. The number of allylic oxidation sites excluding steroid dienone is 4. The summed E-state index contributed by atoms with van der Waals surface area (Å²) < 4.78 is 6.31. The Morgan fingerprint density at radius 2 is 0.791 bits per heavy atom. The minimum absolute atomic E-state index is 0.0257. The van der Waals surface area contributed by atoms with Crippen molar-refractivity contribution in [2.24, 2.45) is 0 Å². The van der Waals surface area contributed by atoms with Gasteiger partial charge in [0.2, 0.25) is 0 Å². The van der Waals surface area contributed by atoms with Crippen LogP contribution < -0.4 is 0 Å². The smallest absolute Gasteiger partial charge is 0.361 e. The number of rotatable bonds is 34. The van der Waals surface area contributed by atoms with Gasteiger partial charge in [-0.25, -0.2) is 4.79 Å². The molecule has 0 aromatic rings. The molecule has 254 valence electrons. The highest BCUT2D eigenvalue weighted by molar-refractivity contribution is 5.70. The van der Waals surface area contributed by atoms with Crippen molar-refractivity contribution in [3.63, 3.8) is 0 Å². The third-order valence-electron chi connectivity index (χ3n) is 8.75. The van der Waals surface area contributed by atoms with Crippen LogP contribution in [-0.4, -0.2) is 44.2 Å². The van der Waals surface area contributed by atoms with Crippen molar-refractivity contribution in [1.82, 2.24) is 0 Å². The third-order valence-corrected chi connectivity index (χ3v) is 8.75. The zero-order valence-corrected chi connectivity index (χ0v) is 30.0. The fourth-order valence-corrected chi connectivity index (χ4v) is 5.80. The van der Waals surface area contributed by atoms with Gasteiger partial charge in [-0.2, -0.15) is 0 Å². The zero-order valence-electron chi connectivity index (χ0n) is 30.0. The molecule has 0 spiro atoms. The highest BCUT2D eigenvalue weighted by Gasteiger charge is 2.20. The Balaban J connectivity index is 3.47. The monoisotopic (exact) mass is 605 g/mol. The molecule has 0 fully saturated rings. The molecule has 0 aromatic carbocycles. The summed E-state index contributed by atoms with van der Waals surface area (Å²) in [4.78, 5) is 12.3. The van der Waals surface area contributed by atoms with Crippen molar-refractivity contribution < 1.29 is 14.0 Å². The van der Waals surface area contributed by atoms with Gasteiger partial charge in [-0.3, -0.25) is 0 Å². The molecule has 43 heavy (non-hydrogen) atoms. The van der Waals surface area contributed by atoms with Crippen LogP contribution in [0.5, 0.6) is 0 Å². The number of ether oxygens (including phenoxy) is 1. The van der Waals surface area contributed by atoms with Crippen molar-refractivity contribution in [1.29, 1.82) is 0 Å². The maximum atomic E-state index is 12.3. The predicted molar refractivity (Wildman–Crippen MR) is 192 cm³/mol. The van der Waals surface area contributed by atoms with Crippen molar-refractivity contribution >= 4 is 5.97 Å². The van der Waals surface area contributed by atoms with Gasteiger partial charge in [0.25, 0.3) is 0 Å².